The van der Waals surface area contributed by atoms with Gasteiger partial charge in [0, 0.05) is 6.61 Å². The molecule has 0 aliphatic carbocycles. The first-order chi connectivity index (χ1) is 8.10. The first-order valence-corrected chi connectivity index (χ1v) is 16.7. The molecule has 18 heavy (non-hydrogen) atoms. The van der Waals surface area contributed by atoms with Crippen LogP contribution in [-0.4, -0.2) is 32.3 Å². The van der Waals surface area contributed by atoms with Gasteiger partial charge >= 0.3 is 0 Å². The van der Waals surface area contributed by atoms with E-state index in [1.807, 2.05) is 0 Å². The van der Waals surface area contributed by atoms with Gasteiger partial charge in [0.15, 0.2) is 25.7 Å². The number of hydrogen-bond acceptors (Lipinski definition) is 2. The van der Waals surface area contributed by atoms with E-state index in [0.29, 0.717) is 0 Å². The van der Waals surface area contributed by atoms with Crippen LogP contribution in [0.25, 0.3) is 0 Å². The lowest BCUT2D eigenvalue weighted by molar-refractivity contribution is 0.299. The molecule has 0 amide bonds. The molecule has 0 heterocycles. The van der Waals surface area contributed by atoms with E-state index in [-0.39, 0.29) is 0 Å². The van der Waals surface area contributed by atoms with Gasteiger partial charge in [-0.05, 0) is 58.3 Å². The van der Waals surface area contributed by atoms with Crippen molar-refractivity contribution >= 4 is 25.7 Å². The van der Waals surface area contributed by atoms with Crippen molar-refractivity contribution in [2.75, 3.05) is 6.61 Å². The van der Waals surface area contributed by atoms with Crippen molar-refractivity contribution in [2.45, 2.75) is 77.6 Å². The molecule has 0 N–H and O–H groups in total. The van der Waals surface area contributed by atoms with Crippen LogP contribution in [0.5, 0.6) is 0 Å². The van der Waals surface area contributed by atoms with E-state index in [1.165, 1.54) is 31.7 Å². The first-order valence-electron chi connectivity index (χ1n) is 7.42. The van der Waals surface area contributed by atoms with E-state index in [0.717, 1.165) is 6.61 Å². The van der Waals surface area contributed by atoms with Gasteiger partial charge < -0.3 is 8.54 Å². The van der Waals surface area contributed by atoms with Gasteiger partial charge in [0.25, 0.3) is 0 Å². The molecule has 0 bridgehead atoms. The van der Waals surface area contributed by atoms with Crippen molar-refractivity contribution in [3.05, 3.63) is 0 Å². The first kappa shape index (κ1) is 18.6. The lowest BCUT2D eigenvalue weighted by Gasteiger charge is -2.23. The highest BCUT2D eigenvalue weighted by atomic mass is 28.4. The summed E-state index contributed by atoms with van der Waals surface area (Å²) in [5.74, 6) is 0. The number of hydrogen-bond donors (Lipinski definition) is 0. The van der Waals surface area contributed by atoms with Gasteiger partial charge in [-0.2, -0.15) is 0 Å². The van der Waals surface area contributed by atoms with Gasteiger partial charge in [0.2, 0.25) is 0 Å². The Hall–Kier alpha value is 0.571. The molecule has 0 aromatic heterocycles. The van der Waals surface area contributed by atoms with Crippen LogP contribution in [0.15, 0.2) is 0 Å². The summed E-state index contributed by atoms with van der Waals surface area (Å²) in [6.07, 6.45) is 5.25. The Bertz CT molecular complexity index is 209. The molecule has 0 spiro atoms. The molecule has 0 aromatic rings. The quantitative estimate of drug-likeness (QED) is 0.434. The molecule has 0 aromatic carbocycles. The minimum absolute atomic E-state index is 0.876. The van der Waals surface area contributed by atoms with Crippen molar-refractivity contribution in [3.63, 3.8) is 0 Å². The van der Waals surface area contributed by atoms with Crippen LogP contribution in [0.1, 0.15) is 25.7 Å². The van der Waals surface area contributed by atoms with Crippen molar-refractivity contribution in [3.8, 4) is 0 Å². The zero-order valence-corrected chi connectivity index (χ0v) is 16.8. The number of unbranched alkanes of at least 4 members (excludes halogenated alkanes) is 3. The molecule has 0 saturated carbocycles. The highest BCUT2D eigenvalue weighted by Gasteiger charge is 2.18. The second-order valence-electron chi connectivity index (χ2n) is 7.20. The summed E-state index contributed by atoms with van der Waals surface area (Å²) in [5.41, 5.74) is 0. The third-order valence-electron chi connectivity index (χ3n) is 2.59. The maximum atomic E-state index is 6.17. The SMILES string of the molecule is C[SiH](CCCCCCO[Si](C)(C)C)O[Si](C)(C)C. The van der Waals surface area contributed by atoms with E-state index in [1.54, 1.807) is 0 Å². The van der Waals surface area contributed by atoms with Crippen molar-refractivity contribution in [2.24, 2.45) is 0 Å². The highest BCUT2D eigenvalue weighted by molar-refractivity contribution is 6.77. The summed E-state index contributed by atoms with van der Waals surface area (Å²) < 4.78 is 12.0. The predicted octanol–water partition coefficient (Wildman–Crippen LogP) is 4.60. The summed E-state index contributed by atoms with van der Waals surface area (Å²) in [4.78, 5) is 0. The molecular weight excluding hydrogens is 272 g/mol. The molecule has 0 radical (unpaired) electrons. The van der Waals surface area contributed by atoms with Gasteiger partial charge in [0.1, 0.15) is 0 Å². The Morgan fingerprint density at radius 3 is 1.83 bits per heavy atom. The summed E-state index contributed by atoms with van der Waals surface area (Å²) in [6.45, 7) is 17.0. The molecule has 0 aliphatic heterocycles. The van der Waals surface area contributed by atoms with E-state index < -0.39 is 25.7 Å². The van der Waals surface area contributed by atoms with Crippen molar-refractivity contribution < 1.29 is 8.54 Å². The summed E-state index contributed by atoms with van der Waals surface area (Å²) in [6, 6.07) is 1.35. The van der Waals surface area contributed by atoms with E-state index in [9.17, 15) is 0 Å². The molecule has 0 saturated heterocycles. The van der Waals surface area contributed by atoms with Crippen LogP contribution < -0.4 is 0 Å². The third-order valence-corrected chi connectivity index (χ3v) is 9.32. The highest BCUT2D eigenvalue weighted by Crippen LogP contribution is 2.12. The minimum Gasteiger partial charge on any atom is -0.458 e. The molecule has 110 valence electrons. The van der Waals surface area contributed by atoms with E-state index in [4.69, 9.17) is 8.54 Å². The summed E-state index contributed by atoms with van der Waals surface area (Å²) in [5, 5.41) is 0. The summed E-state index contributed by atoms with van der Waals surface area (Å²) in [7, 11) is -3.43. The van der Waals surface area contributed by atoms with Crippen molar-refractivity contribution in [1.29, 1.82) is 0 Å². The van der Waals surface area contributed by atoms with Crippen LogP contribution in [0.4, 0.5) is 0 Å². The fourth-order valence-electron chi connectivity index (χ4n) is 1.93. The normalized spacial score (nSPS) is 14.8. The lowest BCUT2D eigenvalue weighted by Crippen LogP contribution is -2.32. The second kappa shape index (κ2) is 8.68. The molecule has 1 unspecified atom stereocenters. The van der Waals surface area contributed by atoms with Crippen LogP contribution in [0.2, 0.25) is 51.9 Å². The maximum absolute atomic E-state index is 6.17. The topological polar surface area (TPSA) is 18.5 Å². The molecule has 2 nitrogen and oxygen atoms in total. The molecule has 5 heteroatoms. The lowest BCUT2D eigenvalue weighted by atomic mass is 10.2. The third kappa shape index (κ3) is 14.6. The van der Waals surface area contributed by atoms with Crippen LogP contribution in [-0.2, 0) is 8.54 Å². The van der Waals surface area contributed by atoms with Crippen molar-refractivity contribution in [1.82, 2.24) is 0 Å². The maximum Gasteiger partial charge on any atom is 0.183 e. The number of rotatable bonds is 10. The molecular formula is C13H34O2Si3. The molecule has 0 fully saturated rings. The van der Waals surface area contributed by atoms with Crippen LogP contribution in [0.3, 0.4) is 0 Å². The average Bonchev–Trinajstić information content (AvgIpc) is 2.11. The Morgan fingerprint density at radius 1 is 0.778 bits per heavy atom. The summed E-state index contributed by atoms with van der Waals surface area (Å²) >= 11 is 0. The van der Waals surface area contributed by atoms with Gasteiger partial charge in [-0.15, -0.1) is 0 Å². The van der Waals surface area contributed by atoms with E-state index in [2.05, 4.69) is 45.8 Å². The Labute approximate surface area is 118 Å². The monoisotopic (exact) mass is 306 g/mol. The van der Waals surface area contributed by atoms with Gasteiger partial charge in [-0.3, -0.25) is 0 Å². The van der Waals surface area contributed by atoms with Crippen LogP contribution in [0, 0.1) is 0 Å². The smallest absolute Gasteiger partial charge is 0.183 e. The largest absolute Gasteiger partial charge is 0.458 e. The fourth-order valence-corrected chi connectivity index (χ4v) is 8.85. The Balaban J connectivity index is 3.36. The minimum atomic E-state index is -1.28. The standard InChI is InChI=1S/C13H34O2Si3/c1-16(15-18(5,6)7)13-11-9-8-10-12-14-17(2,3)4/h16H,8-13H2,1-7H3. The Kier molecular flexibility index (Phi) is 8.96. The molecule has 1 atom stereocenters. The predicted molar refractivity (Wildman–Crippen MR) is 90.0 cm³/mol. The second-order valence-corrected chi connectivity index (χ2v) is 19.1. The van der Waals surface area contributed by atoms with Gasteiger partial charge in [-0.25, -0.2) is 0 Å². The van der Waals surface area contributed by atoms with Crippen LogP contribution >= 0.6 is 0 Å². The Morgan fingerprint density at radius 2 is 1.33 bits per heavy atom. The zero-order valence-electron chi connectivity index (χ0n) is 13.6. The van der Waals surface area contributed by atoms with Gasteiger partial charge in [0.05, 0.1) is 0 Å². The molecule has 0 aliphatic rings. The zero-order chi connectivity index (χ0) is 14.2. The van der Waals surface area contributed by atoms with E-state index >= 15 is 0 Å². The fraction of sp³-hybridized carbons (Fsp3) is 1.00. The average molecular weight is 307 g/mol. The molecule has 0 rings (SSSR count). The van der Waals surface area contributed by atoms with Gasteiger partial charge in [-0.1, -0.05) is 19.3 Å².